The number of anilines is 1. The van der Waals surface area contributed by atoms with Crippen molar-refractivity contribution >= 4 is 44.9 Å². The molecule has 0 unspecified atom stereocenters. The Morgan fingerprint density at radius 1 is 1.40 bits per heavy atom. The highest BCUT2D eigenvalue weighted by molar-refractivity contribution is 9.10. The predicted octanol–water partition coefficient (Wildman–Crippen LogP) is 3.02. The molecule has 5 heteroatoms. The van der Waals surface area contributed by atoms with Crippen LogP contribution in [0.15, 0.2) is 22.7 Å². The Labute approximate surface area is 101 Å². The van der Waals surface area contributed by atoms with E-state index in [1.807, 2.05) is 0 Å². The molecule has 0 aromatic heterocycles. The van der Waals surface area contributed by atoms with Crippen LogP contribution in [0.3, 0.4) is 0 Å². The number of carbonyl (C=O) groups excluding carboxylic acids is 2. The van der Waals surface area contributed by atoms with Crippen LogP contribution < -0.4 is 5.32 Å². The summed E-state index contributed by atoms with van der Waals surface area (Å²) < 4.78 is 0.771. The van der Waals surface area contributed by atoms with Crippen LogP contribution >= 0.6 is 27.5 Å². The topological polar surface area (TPSA) is 46.2 Å². The highest BCUT2D eigenvalue weighted by Gasteiger charge is 2.06. The number of nitrogens with one attached hydrogen (secondary N) is 1. The lowest BCUT2D eigenvalue weighted by atomic mass is 10.2. The Hall–Kier alpha value is -0.870. The molecule has 1 amide bonds. The fourth-order valence-corrected chi connectivity index (χ4v) is 1.92. The molecule has 80 valence electrons. The number of Topliss-reactive ketones (excluding diaryl/α,β-unsaturated/α-hetero) is 1. The first-order chi connectivity index (χ1) is 6.97. The molecule has 1 rings (SSSR count). The van der Waals surface area contributed by atoms with E-state index in [1.165, 1.54) is 6.92 Å². The van der Waals surface area contributed by atoms with Gasteiger partial charge in [-0.25, -0.2) is 0 Å². The first-order valence-electron chi connectivity index (χ1n) is 4.23. The summed E-state index contributed by atoms with van der Waals surface area (Å²) in [6.45, 7) is 1.37. The third kappa shape index (κ3) is 4.44. The van der Waals surface area contributed by atoms with Crippen LogP contribution in [-0.2, 0) is 9.59 Å². The summed E-state index contributed by atoms with van der Waals surface area (Å²) in [5, 5.41) is 3.10. The van der Waals surface area contributed by atoms with E-state index in [4.69, 9.17) is 11.6 Å². The lowest BCUT2D eigenvalue weighted by molar-refractivity contribution is -0.124. The predicted molar refractivity (Wildman–Crippen MR) is 63.1 cm³/mol. The van der Waals surface area contributed by atoms with Gasteiger partial charge in [-0.1, -0.05) is 27.5 Å². The van der Waals surface area contributed by atoms with Crippen molar-refractivity contribution in [2.75, 3.05) is 5.32 Å². The molecule has 0 spiro atoms. The lowest BCUT2D eigenvalue weighted by Crippen LogP contribution is -2.14. The van der Waals surface area contributed by atoms with Crippen molar-refractivity contribution in [3.8, 4) is 0 Å². The number of hydrogen-bond acceptors (Lipinski definition) is 2. The molecule has 1 N–H and O–H groups in total. The number of halogens is 2. The second-order valence-corrected chi connectivity index (χ2v) is 4.44. The van der Waals surface area contributed by atoms with Crippen molar-refractivity contribution in [3.63, 3.8) is 0 Å². The van der Waals surface area contributed by atoms with Gasteiger partial charge in [-0.15, -0.1) is 0 Å². The van der Waals surface area contributed by atoms with Gasteiger partial charge in [0.15, 0.2) is 0 Å². The quantitative estimate of drug-likeness (QED) is 0.870. The molecule has 0 saturated carbocycles. The van der Waals surface area contributed by atoms with Gasteiger partial charge in [0.25, 0.3) is 0 Å². The molecule has 0 aliphatic carbocycles. The van der Waals surface area contributed by atoms with E-state index in [0.717, 1.165) is 4.47 Å². The van der Waals surface area contributed by atoms with E-state index >= 15 is 0 Å². The van der Waals surface area contributed by atoms with Gasteiger partial charge in [-0.2, -0.15) is 0 Å². The molecule has 0 heterocycles. The number of hydrogen-bond donors (Lipinski definition) is 1. The number of rotatable bonds is 3. The smallest absolute Gasteiger partial charge is 0.231 e. The van der Waals surface area contributed by atoms with Crippen LogP contribution in [0.25, 0.3) is 0 Å². The maximum absolute atomic E-state index is 11.3. The minimum absolute atomic E-state index is 0.121. The molecular weight excluding hydrogens is 281 g/mol. The van der Waals surface area contributed by atoms with Crippen molar-refractivity contribution in [1.29, 1.82) is 0 Å². The van der Waals surface area contributed by atoms with Crippen molar-refractivity contribution in [2.24, 2.45) is 0 Å². The molecule has 0 aliphatic heterocycles. The molecule has 3 nitrogen and oxygen atoms in total. The van der Waals surface area contributed by atoms with Crippen LogP contribution in [-0.4, -0.2) is 11.7 Å². The normalized spacial score (nSPS) is 9.80. The molecule has 0 radical (unpaired) electrons. The minimum atomic E-state index is -0.336. The Kier molecular flexibility index (Phi) is 4.29. The van der Waals surface area contributed by atoms with E-state index in [2.05, 4.69) is 21.2 Å². The van der Waals surface area contributed by atoms with Crippen LogP contribution in [0.4, 0.5) is 5.69 Å². The maximum Gasteiger partial charge on any atom is 0.231 e. The summed E-state index contributed by atoms with van der Waals surface area (Å²) in [5.74, 6) is -0.509. The third-order valence-corrected chi connectivity index (χ3v) is 2.23. The molecule has 1 aromatic carbocycles. The first kappa shape index (κ1) is 12.2. The zero-order chi connectivity index (χ0) is 11.4. The number of carbonyl (C=O) groups is 2. The summed E-state index contributed by atoms with van der Waals surface area (Å²) in [5.41, 5.74) is 0.570. The zero-order valence-corrected chi connectivity index (χ0v) is 10.4. The van der Waals surface area contributed by atoms with E-state index in [9.17, 15) is 9.59 Å². The van der Waals surface area contributed by atoms with Gasteiger partial charge < -0.3 is 5.32 Å². The number of benzene rings is 1. The van der Waals surface area contributed by atoms with Crippen molar-refractivity contribution < 1.29 is 9.59 Å². The van der Waals surface area contributed by atoms with Gasteiger partial charge >= 0.3 is 0 Å². The van der Waals surface area contributed by atoms with Crippen LogP contribution in [0.1, 0.15) is 13.3 Å². The minimum Gasteiger partial charge on any atom is -0.326 e. The molecule has 0 bridgehead atoms. The summed E-state index contributed by atoms with van der Waals surface area (Å²) in [6.07, 6.45) is -0.121. The van der Waals surface area contributed by atoms with E-state index in [-0.39, 0.29) is 18.1 Å². The third-order valence-electron chi connectivity index (χ3n) is 1.56. The maximum atomic E-state index is 11.3. The van der Waals surface area contributed by atoms with Gasteiger partial charge in [0.2, 0.25) is 5.91 Å². The highest BCUT2D eigenvalue weighted by atomic mass is 79.9. The lowest BCUT2D eigenvalue weighted by Gasteiger charge is -2.04. The van der Waals surface area contributed by atoms with Gasteiger partial charge in [0, 0.05) is 15.2 Å². The largest absolute Gasteiger partial charge is 0.326 e. The fraction of sp³-hybridized carbons (Fsp3) is 0.200. The second kappa shape index (κ2) is 5.28. The summed E-state index contributed by atoms with van der Waals surface area (Å²) >= 11 is 9.04. The zero-order valence-electron chi connectivity index (χ0n) is 8.01. The van der Waals surface area contributed by atoms with Gasteiger partial charge in [-0.3, -0.25) is 9.59 Å². The Bertz CT molecular complexity index is 386. The Morgan fingerprint density at radius 2 is 2.07 bits per heavy atom. The summed E-state index contributed by atoms with van der Waals surface area (Å²) in [4.78, 5) is 21.9. The SMILES string of the molecule is CC(=O)CC(=O)Nc1cc(Cl)cc(Br)c1. The molecule has 0 atom stereocenters. The Morgan fingerprint density at radius 3 is 2.60 bits per heavy atom. The molecule has 0 fully saturated rings. The molecule has 1 aromatic rings. The first-order valence-corrected chi connectivity index (χ1v) is 5.40. The average Bonchev–Trinajstić information content (AvgIpc) is 1.98. The van der Waals surface area contributed by atoms with Crippen LogP contribution in [0.5, 0.6) is 0 Å². The molecular formula is C10H9BrClNO2. The Balaban J connectivity index is 2.72. The van der Waals surface area contributed by atoms with Gasteiger partial charge in [-0.05, 0) is 25.1 Å². The van der Waals surface area contributed by atoms with Crippen molar-refractivity contribution in [3.05, 3.63) is 27.7 Å². The van der Waals surface area contributed by atoms with Crippen LogP contribution in [0, 0.1) is 0 Å². The van der Waals surface area contributed by atoms with Crippen molar-refractivity contribution in [2.45, 2.75) is 13.3 Å². The fourth-order valence-electron chi connectivity index (χ4n) is 1.06. The standard InChI is InChI=1S/C10H9BrClNO2/c1-6(14)2-10(15)13-9-4-7(11)3-8(12)5-9/h3-5H,2H2,1H3,(H,13,15). The number of ketones is 1. The molecule has 0 saturated heterocycles. The van der Waals surface area contributed by atoms with Gasteiger partial charge in [0.05, 0.1) is 6.42 Å². The monoisotopic (exact) mass is 289 g/mol. The van der Waals surface area contributed by atoms with E-state index in [0.29, 0.717) is 10.7 Å². The van der Waals surface area contributed by atoms with E-state index < -0.39 is 0 Å². The van der Waals surface area contributed by atoms with Crippen LogP contribution in [0.2, 0.25) is 5.02 Å². The van der Waals surface area contributed by atoms with E-state index in [1.54, 1.807) is 18.2 Å². The summed E-state index contributed by atoms with van der Waals surface area (Å²) in [7, 11) is 0. The molecule has 15 heavy (non-hydrogen) atoms. The molecule has 0 aliphatic rings. The average molecular weight is 291 g/mol. The number of amides is 1. The highest BCUT2D eigenvalue weighted by Crippen LogP contribution is 2.22. The second-order valence-electron chi connectivity index (χ2n) is 3.09. The van der Waals surface area contributed by atoms with Crippen molar-refractivity contribution in [1.82, 2.24) is 0 Å². The summed E-state index contributed by atoms with van der Waals surface area (Å²) in [6, 6.07) is 5.04. The van der Waals surface area contributed by atoms with Gasteiger partial charge in [0.1, 0.15) is 5.78 Å².